The fourth-order valence-corrected chi connectivity index (χ4v) is 1.29. The normalized spacial score (nSPS) is 12.9. The molecule has 6 heteroatoms. The molecule has 2 aromatic rings. The van der Waals surface area contributed by atoms with Crippen molar-refractivity contribution < 1.29 is 9.05 Å². The molecule has 2 aromatic heterocycles. The van der Waals surface area contributed by atoms with Crippen LogP contribution in [-0.4, -0.2) is 21.3 Å². The molecule has 0 saturated carbocycles. The zero-order valence-electron chi connectivity index (χ0n) is 9.30. The van der Waals surface area contributed by atoms with E-state index in [-0.39, 0.29) is 6.04 Å². The molecule has 0 aliphatic carbocycles. The molecule has 86 valence electrons. The number of nitrogens with two attached hydrogens (primary N) is 1. The van der Waals surface area contributed by atoms with Crippen LogP contribution in [0.1, 0.15) is 24.9 Å². The highest BCUT2D eigenvalue weighted by Gasteiger charge is 2.14. The van der Waals surface area contributed by atoms with Crippen LogP contribution in [-0.2, 0) is 6.42 Å². The highest BCUT2D eigenvalue weighted by Crippen LogP contribution is 2.16. The lowest BCUT2D eigenvalue weighted by atomic mass is 10.2. The third-order valence-electron chi connectivity index (χ3n) is 2.28. The molecule has 1 unspecified atom stereocenters. The number of aromatic nitrogens is 3. The molecule has 0 amide bonds. The van der Waals surface area contributed by atoms with Crippen molar-refractivity contribution in [1.29, 1.82) is 0 Å². The third-order valence-corrected chi connectivity index (χ3v) is 2.28. The van der Waals surface area contributed by atoms with Crippen molar-refractivity contribution in [1.82, 2.24) is 15.3 Å². The smallest absolute Gasteiger partial charge is 0.280 e. The van der Waals surface area contributed by atoms with Gasteiger partial charge in [-0.15, -0.1) is 0 Å². The first-order valence-corrected chi connectivity index (χ1v) is 5.21. The molecule has 1 atom stereocenters. The van der Waals surface area contributed by atoms with Crippen LogP contribution in [0, 0.1) is 6.92 Å². The summed E-state index contributed by atoms with van der Waals surface area (Å²) in [5, 5.41) is 7.64. The van der Waals surface area contributed by atoms with Crippen molar-refractivity contribution in [2.24, 2.45) is 5.73 Å². The Morgan fingerprint density at radius 1 is 1.38 bits per heavy atom. The lowest BCUT2D eigenvalue weighted by molar-refractivity contribution is 0.388. The molecule has 0 spiro atoms. The number of hydrogen-bond acceptors (Lipinski definition) is 6. The van der Waals surface area contributed by atoms with Crippen LogP contribution in [0.25, 0.3) is 11.6 Å². The molecule has 0 aromatic carbocycles. The Morgan fingerprint density at radius 3 is 2.81 bits per heavy atom. The van der Waals surface area contributed by atoms with Crippen LogP contribution in [0.3, 0.4) is 0 Å². The van der Waals surface area contributed by atoms with Crippen LogP contribution in [0.2, 0.25) is 0 Å². The van der Waals surface area contributed by atoms with E-state index in [1.165, 1.54) is 0 Å². The van der Waals surface area contributed by atoms with E-state index < -0.39 is 0 Å². The van der Waals surface area contributed by atoms with E-state index in [1.807, 2.05) is 6.92 Å². The second kappa shape index (κ2) is 4.44. The Balaban J connectivity index is 2.13. The molecule has 2 heterocycles. The molecule has 0 fully saturated rings. The van der Waals surface area contributed by atoms with Gasteiger partial charge < -0.3 is 14.8 Å². The Hall–Kier alpha value is -1.69. The highest BCUT2D eigenvalue weighted by atomic mass is 16.5. The Labute approximate surface area is 92.8 Å². The monoisotopic (exact) mass is 222 g/mol. The maximum Gasteiger partial charge on any atom is 0.280 e. The fraction of sp³-hybridized carbons (Fsp3) is 0.500. The van der Waals surface area contributed by atoms with Gasteiger partial charge in [0, 0.05) is 18.5 Å². The molecule has 6 nitrogen and oxygen atoms in total. The SMILES string of the molecule is CCC(N)Cc1noc(-c2cc(C)on2)n1. The van der Waals surface area contributed by atoms with Gasteiger partial charge in [0.1, 0.15) is 5.76 Å². The zero-order chi connectivity index (χ0) is 11.5. The number of hydrogen-bond donors (Lipinski definition) is 1. The molecule has 0 saturated heterocycles. The van der Waals surface area contributed by atoms with E-state index in [2.05, 4.69) is 15.3 Å². The van der Waals surface area contributed by atoms with Crippen molar-refractivity contribution in [3.63, 3.8) is 0 Å². The molecule has 16 heavy (non-hydrogen) atoms. The second-order valence-corrected chi connectivity index (χ2v) is 3.71. The predicted molar refractivity (Wildman–Crippen MR) is 56.5 cm³/mol. The van der Waals surface area contributed by atoms with Crippen LogP contribution < -0.4 is 5.73 Å². The van der Waals surface area contributed by atoms with Crippen molar-refractivity contribution >= 4 is 0 Å². The van der Waals surface area contributed by atoms with Crippen molar-refractivity contribution in [2.45, 2.75) is 32.7 Å². The maximum atomic E-state index is 5.80. The zero-order valence-corrected chi connectivity index (χ0v) is 9.30. The lowest BCUT2D eigenvalue weighted by Crippen LogP contribution is -2.21. The minimum Gasteiger partial charge on any atom is -0.361 e. The number of nitrogens with zero attached hydrogens (tertiary/aromatic N) is 3. The highest BCUT2D eigenvalue weighted by molar-refractivity contribution is 5.45. The summed E-state index contributed by atoms with van der Waals surface area (Å²) in [6, 6.07) is 1.81. The average Bonchev–Trinajstić information content (AvgIpc) is 2.87. The van der Waals surface area contributed by atoms with E-state index in [4.69, 9.17) is 14.8 Å². The average molecular weight is 222 g/mol. The summed E-state index contributed by atoms with van der Waals surface area (Å²) >= 11 is 0. The fourth-order valence-electron chi connectivity index (χ4n) is 1.29. The standard InChI is InChI=1S/C10H14N4O2/c1-3-7(11)5-9-12-10(16-14-9)8-4-6(2)15-13-8/h4,7H,3,5,11H2,1-2H3. The quantitative estimate of drug-likeness (QED) is 0.838. The summed E-state index contributed by atoms with van der Waals surface area (Å²) < 4.78 is 10.00. The molecule has 0 aliphatic rings. The van der Waals surface area contributed by atoms with Gasteiger partial charge in [0.05, 0.1) is 0 Å². The molecule has 0 aliphatic heterocycles. The minimum absolute atomic E-state index is 0.0597. The first-order chi connectivity index (χ1) is 7.69. The predicted octanol–water partition coefficient (Wildman–Crippen LogP) is 1.31. The van der Waals surface area contributed by atoms with Gasteiger partial charge >= 0.3 is 0 Å². The Bertz CT molecular complexity index is 463. The van der Waals surface area contributed by atoms with Gasteiger partial charge in [0.25, 0.3) is 5.89 Å². The van der Waals surface area contributed by atoms with E-state index >= 15 is 0 Å². The molecule has 2 rings (SSSR count). The lowest BCUT2D eigenvalue weighted by Gasteiger charge is -2.02. The molecule has 0 radical (unpaired) electrons. The maximum absolute atomic E-state index is 5.80. The van der Waals surface area contributed by atoms with Gasteiger partial charge in [-0.25, -0.2) is 0 Å². The van der Waals surface area contributed by atoms with Gasteiger partial charge in [-0.2, -0.15) is 4.98 Å². The van der Waals surface area contributed by atoms with Gasteiger partial charge in [0.2, 0.25) is 0 Å². The summed E-state index contributed by atoms with van der Waals surface area (Å²) in [5.41, 5.74) is 6.36. The molecular formula is C10H14N4O2. The van der Waals surface area contributed by atoms with Gasteiger partial charge in [-0.3, -0.25) is 0 Å². The van der Waals surface area contributed by atoms with Crippen LogP contribution in [0.5, 0.6) is 0 Å². The molecule has 0 bridgehead atoms. The molecular weight excluding hydrogens is 208 g/mol. The van der Waals surface area contributed by atoms with Crippen molar-refractivity contribution in [3.05, 3.63) is 17.7 Å². The van der Waals surface area contributed by atoms with Gasteiger partial charge in [0.15, 0.2) is 11.5 Å². The van der Waals surface area contributed by atoms with Crippen molar-refractivity contribution in [2.75, 3.05) is 0 Å². The Morgan fingerprint density at radius 2 is 2.19 bits per heavy atom. The first kappa shape index (κ1) is 10.8. The summed E-state index contributed by atoms with van der Waals surface area (Å²) in [7, 11) is 0. The van der Waals surface area contributed by atoms with E-state index in [9.17, 15) is 0 Å². The summed E-state index contributed by atoms with van der Waals surface area (Å²) in [5.74, 6) is 1.68. The third kappa shape index (κ3) is 2.27. The van der Waals surface area contributed by atoms with Gasteiger partial charge in [-0.05, 0) is 13.3 Å². The van der Waals surface area contributed by atoms with Gasteiger partial charge in [-0.1, -0.05) is 17.2 Å². The molecule has 2 N–H and O–H groups in total. The van der Waals surface area contributed by atoms with Crippen LogP contribution >= 0.6 is 0 Å². The minimum atomic E-state index is 0.0597. The summed E-state index contributed by atoms with van der Waals surface area (Å²) in [4.78, 5) is 4.20. The number of rotatable bonds is 4. The van der Waals surface area contributed by atoms with Crippen LogP contribution in [0.4, 0.5) is 0 Å². The number of aryl methyl sites for hydroxylation is 1. The largest absolute Gasteiger partial charge is 0.361 e. The topological polar surface area (TPSA) is 91.0 Å². The van der Waals surface area contributed by atoms with E-state index in [0.29, 0.717) is 29.6 Å². The summed E-state index contributed by atoms with van der Waals surface area (Å²) in [6.07, 6.45) is 1.49. The van der Waals surface area contributed by atoms with E-state index in [0.717, 1.165) is 6.42 Å². The summed E-state index contributed by atoms with van der Waals surface area (Å²) in [6.45, 7) is 3.83. The first-order valence-electron chi connectivity index (χ1n) is 5.21. The Kier molecular flexibility index (Phi) is 3.00. The van der Waals surface area contributed by atoms with E-state index in [1.54, 1.807) is 13.0 Å². The second-order valence-electron chi connectivity index (χ2n) is 3.71. The van der Waals surface area contributed by atoms with Crippen LogP contribution in [0.15, 0.2) is 15.1 Å². The van der Waals surface area contributed by atoms with Crippen molar-refractivity contribution in [3.8, 4) is 11.6 Å².